The molecular weight excluding hydrogens is 258 g/mol. The van der Waals surface area contributed by atoms with Crippen molar-refractivity contribution in [3.63, 3.8) is 0 Å². The summed E-state index contributed by atoms with van der Waals surface area (Å²) >= 11 is 0. The van der Waals surface area contributed by atoms with Crippen molar-refractivity contribution in [2.24, 2.45) is 0 Å². The molecule has 0 radical (unpaired) electrons. The Hall–Kier alpha value is -2.13. The minimum atomic E-state index is 0.510. The normalized spacial score (nSPS) is 19.0. The second-order valence-corrected chi connectivity index (χ2v) is 5.75. The molecule has 21 heavy (non-hydrogen) atoms. The highest BCUT2D eigenvalue weighted by Crippen LogP contribution is 2.32. The maximum absolute atomic E-state index is 4.31. The monoisotopic (exact) mass is 277 g/mol. The van der Waals surface area contributed by atoms with Gasteiger partial charge in [-0.05, 0) is 42.3 Å². The Bertz CT molecular complexity index is 776. The molecule has 1 saturated heterocycles. The molecule has 0 aliphatic carbocycles. The first kappa shape index (κ1) is 12.6. The van der Waals surface area contributed by atoms with Gasteiger partial charge in [0.1, 0.15) is 0 Å². The first-order valence-electron chi connectivity index (χ1n) is 7.64. The van der Waals surface area contributed by atoms with Crippen LogP contribution in [0, 0.1) is 0 Å². The van der Waals surface area contributed by atoms with Gasteiger partial charge in [-0.25, -0.2) is 0 Å². The summed E-state index contributed by atoms with van der Waals surface area (Å²) in [7, 11) is 0. The van der Waals surface area contributed by atoms with Crippen LogP contribution >= 0.6 is 0 Å². The van der Waals surface area contributed by atoms with E-state index in [1.165, 1.54) is 40.1 Å². The quantitative estimate of drug-likeness (QED) is 0.703. The summed E-state index contributed by atoms with van der Waals surface area (Å²) in [6, 6.07) is 13.4. The second-order valence-electron chi connectivity index (χ2n) is 5.75. The SMILES string of the molecule is c1ccc2c(c1)cc(N[C@@H]1CCCNC1)c1ccncc12. The van der Waals surface area contributed by atoms with E-state index in [-0.39, 0.29) is 0 Å². The van der Waals surface area contributed by atoms with Gasteiger partial charge in [-0.3, -0.25) is 4.98 Å². The zero-order chi connectivity index (χ0) is 14.1. The lowest BCUT2D eigenvalue weighted by Crippen LogP contribution is -2.38. The van der Waals surface area contributed by atoms with Crippen molar-refractivity contribution in [2.45, 2.75) is 18.9 Å². The highest BCUT2D eigenvalue weighted by molar-refractivity contribution is 6.12. The van der Waals surface area contributed by atoms with Crippen molar-refractivity contribution in [2.75, 3.05) is 18.4 Å². The third kappa shape index (κ3) is 2.34. The highest BCUT2D eigenvalue weighted by Gasteiger charge is 2.14. The first-order valence-corrected chi connectivity index (χ1v) is 7.64. The fraction of sp³-hybridized carbons (Fsp3) is 0.278. The van der Waals surface area contributed by atoms with Crippen LogP contribution in [0.3, 0.4) is 0 Å². The topological polar surface area (TPSA) is 37.0 Å². The van der Waals surface area contributed by atoms with E-state index < -0.39 is 0 Å². The number of benzene rings is 2. The molecule has 2 aromatic carbocycles. The van der Waals surface area contributed by atoms with E-state index in [9.17, 15) is 0 Å². The van der Waals surface area contributed by atoms with Crippen molar-refractivity contribution in [1.29, 1.82) is 0 Å². The highest BCUT2D eigenvalue weighted by atomic mass is 15.0. The maximum Gasteiger partial charge on any atom is 0.0430 e. The summed E-state index contributed by atoms with van der Waals surface area (Å²) < 4.78 is 0. The number of hydrogen-bond acceptors (Lipinski definition) is 3. The standard InChI is InChI=1S/C18H19N3/c1-2-6-15-13(4-1)10-18(16-7-9-20-12-17(15)16)21-14-5-3-8-19-11-14/h1-2,4,6-7,9-10,12,14,19,21H,3,5,8,11H2/t14-/m1/s1. The van der Waals surface area contributed by atoms with Gasteiger partial charge in [0, 0.05) is 41.4 Å². The predicted octanol–water partition coefficient (Wildman–Crippen LogP) is 3.55. The molecule has 4 rings (SSSR count). The van der Waals surface area contributed by atoms with Crippen LogP contribution in [0.15, 0.2) is 48.8 Å². The number of pyridine rings is 1. The van der Waals surface area contributed by atoms with Crippen LogP contribution in [-0.2, 0) is 0 Å². The lowest BCUT2D eigenvalue weighted by Gasteiger charge is -2.25. The number of nitrogens with one attached hydrogen (secondary N) is 2. The van der Waals surface area contributed by atoms with E-state index in [0.717, 1.165) is 13.1 Å². The number of rotatable bonds is 2. The lowest BCUT2D eigenvalue weighted by molar-refractivity contribution is 0.480. The molecule has 106 valence electrons. The van der Waals surface area contributed by atoms with Gasteiger partial charge in [0.05, 0.1) is 0 Å². The molecule has 1 aliphatic heterocycles. The Labute approximate surface area is 124 Å². The molecule has 0 spiro atoms. The molecular formula is C18H19N3. The van der Waals surface area contributed by atoms with E-state index in [0.29, 0.717) is 6.04 Å². The predicted molar refractivity (Wildman–Crippen MR) is 88.8 cm³/mol. The Balaban J connectivity index is 1.85. The number of hydrogen-bond donors (Lipinski definition) is 2. The fourth-order valence-corrected chi connectivity index (χ4v) is 3.26. The fourth-order valence-electron chi connectivity index (χ4n) is 3.26. The Morgan fingerprint density at radius 3 is 2.95 bits per heavy atom. The summed E-state index contributed by atoms with van der Waals surface area (Å²) in [6.07, 6.45) is 6.32. The van der Waals surface area contributed by atoms with Crippen molar-refractivity contribution >= 4 is 27.2 Å². The molecule has 1 atom stereocenters. The van der Waals surface area contributed by atoms with E-state index in [4.69, 9.17) is 0 Å². The van der Waals surface area contributed by atoms with E-state index in [1.54, 1.807) is 0 Å². The summed E-state index contributed by atoms with van der Waals surface area (Å²) in [6.45, 7) is 2.18. The van der Waals surface area contributed by atoms with Crippen molar-refractivity contribution in [1.82, 2.24) is 10.3 Å². The zero-order valence-electron chi connectivity index (χ0n) is 12.0. The van der Waals surface area contributed by atoms with Crippen molar-refractivity contribution < 1.29 is 0 Å². The smallest absolute Gasteiger partial charge is 0.0430 e. The van der Waals surface area contributed by atoms with E-state index >= 15 is 0 Å². The maximum atomic E-state index is 4.31. The minimum absolute atomic E-state index is 0.510. The molecule has 1 aliphatic rings. The molecule has 3 heteroatoms. The van der Waals surface area contributed by atoms with Crippen LogP contribution in [0.25, 0.3) is 21.5 Å². The van der Waals surface area contributed by atoms with Crippen LogP contribution in [0.2, 0.25) is 0 Å². The molecule has 1 fully saturated rings. The number of nitrogens with zero attached hydrogens (tertiary/aromatic N) is 1. The average Bonchev–Trinajstić information content (AvgIpc) is 2.56. The Morgan fingerprint density at radius 1 is 1.10 bits per heavy atom. The van der Waals surface area contributed by atoms with Gasteiger partial charge in [0.15, 0.2) is 0 Å². The largest absolute Gasteiger partial charge is 0.381 e. The van der Waals surface area contributed by atoms with Gasteiger partial charge in [0.25, 0.3) is 0 Å². The average molecular weight is 277 g/mol. The van der Waals surface area contributed by atoms with Gasteiger partial charge in [0.2, 0.25) is 0 Å². The third-order valence-electron chi connectivity index (χ3n) is 4.32. The summed E-state index contributed by atoms with van der Waals surface area (Å²) in [5, 5.41) is 12.2. The third-order valence-corrected chi connectivity index (χ3v) is 4.32. The van der Waals surface area contributed by atoms with Crippen LogP contribution in [0.4, 0.5) is 5.69 Å². The Kier molecular flexibility index (Phi) is 3.20. The lowest BCUT2D eigenvalue weighted by atomic mass is 10.0. The van der Waals surface area contributed by atoms with E-state index in [2.05, 4.69) is 52.0 Å². The molecule has 0 amide bonds. The molecule has 1 aromatic heterocycles. The number of aromatic nitrogens is 1. The zero-order valence-corrected chi connectivity index (χ0v) is 12.0. The summed E-state index contributed by atoms with van der Waals surface area (Å²) in [4.78, 5) is 4.31. The first-order chi connectivity index (χ1) is 10.4. The van der Waals surface area contributed by atoms with Crippen LogP contribution in [0.1, 0.15) is 12.8 Å². The van der Waals surface area contributed by atoms with Crippen molar-refractivity contribution in [3.05, 3.63) is 48.8 Å². The van der Waals surface area contributed by atoms with Crippen LogP contribution in [-0.4, -0.2) is 24.1 Å². The second kappa shape index (κ2) is 5.34. The molecule has 0 saturated carbocycles. The van der Waals surface area contributed by atoms with Crippen LogP contribution in [0.5, 0.6) is 0 Å². The van der Waals surface area contributed by atoms with Crippen LogP contribution < -0.4 is 10.6 Å². The summed E-state index contributed by atoms with van der Waals surface area (Å²) in [5.74, 6) is 0. The van der Waals surface area contributed by atoms with Gasteiger partial charge >= 0.3 is 0 Å². The minimum Gasteiger partial charge on any atom is -0.381 e. The molecule has 2 heterocycles. The number of anilines is 1. The molecule has 3 aromatic rings. The molecule has 3 nitrogen and oxygen atoms in total. The summed E-state index contributed by atoms with van der Waals surface area (Å²) in [5.41, 5.74) is 1.22. The van der Waals surface area contributed by atoms with Crippen molar-refractivity contribution in [3.8, 4) is 0 Å². The van der Waals surface area contributed by atoms with Gasteiger partial charge in [-0.1, -0.05) is 24.3 Å². The van der Waals surface area contributed by atoms with Gasteiger partial charge in [-0.2, -0.15) is 0 Å². The molecule has 2 N–H and O–H groups in total. The Morgan fingerprint density at radius 2 is 2.05 bits per heavy atom. The number of fused-ring (bicyclic) bond motifs is 3. The molecule has 0 unspecified atom stereocenters. The van der Waals surface area contributed by atoms with Gasteiger partial charge in [-0.15, -0.1) is 0 Å². The number of piperidine rings is 1. The van der Waals surface area contributed by atoms with Gasteiger partial charge < -0.3 is 10.6 Å². The molecule has 0 bridgehead atoms. The van der Waals surface area contributed by atoms with E-state index in [1.807, 2.05) is 12.4 Å².